The maximum atomic E-state index is 13.6. The van der Waals surface area contributed by atoms with Gasteiger partial charge in [-0.15, -0.1) is 0 Å². The molecule has 2 heterocycles. The van der Waals surface area contributed by atoms with Gasteiger partial charge in [0, 0.05) is 28.0 Å². The molecule has 2 aromatic carbocycles. The van der Waals surface area contributed by atoms with E-state index in [1.807, 2.05) is 57.2 Å². The predicted molar refractivity (Wildman–Crippen MR) is 121 cm³/mol. The molecule has 158 valence electrons. The summed E-state index contributed by atoms with van der Waals surface area (Å²) in [5.41, 5.74) is 4.55. The summed E-state index contributed by atoms with van der Waals surface area (Å²) in [5.74, 6) is 0.127. The van der Waals surface area contributed by atoms with Gasteiger partial charge in [-0.1, -0.05) is 40.2 Å². The SMILES string of the molecule is Cc1ccc2c(C)c(C(=O)N(Cc3cccc(Br)c3)[C@H]3CCS(=O)(=O)C3)oc2c1C. The fourth-order valence-corrected chi connectivity index (χ4v) is 6.25. The Bertz CT molecular complexity index is 1250. The van der Waals surface area contributed by atoms with Crippen LogP contribution in [0.4, 0.5) is 0 Å². The van der Waals surface area contributed by atoms with Crippen LogP contribution in [0.25, 0.3) is 11.0 Å². The first-order valence-corrected chi connectivity index (χ1v) is 12.5. The highest BCUT2D eigenvalue weighted by Gasteiger charge is 2.36. The van der Waals surface area contributed by atoms with Crippen LogP contribution in [0.15, 0.2) is 45.3 Å². The maximum Gasteiger partial charge on any atom is 0.290 e. The van der Waals surface area contributed by atoms with E-state index in [9.17, 15) is 13.2 Å². The number of nitrogens with zero attached hydrogens (tertiary/aromatic N) is 1. The minimum absolute atomic E-state index is 0.00977. The van der Waals surface area contributed by atoms with E-state index < -0.39 is 9.84 Å². The smallest absolute Gasteiger partial charge is 0.290 e. The molecule has 0 N–H and O–H groups in total. The van der Waals surface area contributed by atoms with E-state index in [0.717, 1.165) is 37.7 Å². The van der Waals surface area contributed by atoms with Crippen LogP contribution in [0.3, 0.4) is 0 Å². The van der Waals surface area contributed by atoms with Crippen LogP contribution in [-0.4, -0.2) is 36.8 Å². The third-order valence-corrected chi connectivity index (χ3v) is 8.22. The zero-order chi connectivity index (χ0) is 21.6. The van der Waals surface area contributed by atoms with Crippen molar-refractivity contribution in [1.82, 2.24) is 4.90 Å². The molecule has 1 saturated heterocycles. The largest absolute Gasteiger partial charge is 0.450 e. The highest BCUT2D eigenvalue weighted by Crippen LogP contribution is 2.32. The Morgan fingerprint density at radius 3 is 2.60 bits per heavy atom. The van der Waals surface area contributed by atoms with Crippen molar-refractivity contribution in [3.05, 3.63) is 68.9 Å². The molecule has 1 atom stereocenters. The molecule has 1 fully saturated rings. The summed E-state index contributed by atoms with van der Waals surface area (Å²) in [6, 6.07) is 11.4. The number of hydrogen-bond acceptors (Lipinski definition) is 4. The molecule has 0 aliphatic carbocycles. The van der Waals surface area contributed by atoms with E-state index in [4.69, 9.17) is 4.42 Å². The van der Waals surface area contributed by atoms with E-state index in [1.165, 1.54) is 0 Å². The van der Waals surface area contributed by atoms with E-state index >= 15 is 0 Å². The monoisotopic (exact) mass is 489 g/mol. The second-order valence-electron chi connectivity index (χ2n) is 8.06. The summed E-state index contributed by atoms with van der Waals surface area (Å²) >= 11 is 3.47. The summed E-state index contributed by atoms with van der Waals surface area (Å²) in [6.07, 6.45) is 0.444. The molecular weight excluding hydrogens is 466 g/mol. The van der Waals surface area contributed by atoms with E-state index in [2.05, 4.69) is 15.9 Å². The molecule has 4 rings (SSSR count). The number of aryl methyl sites for hydroxylation is 3. The van der Waals surface area contributed by atoms with Crippen molar-refractivity contribution >= 4 is 42.6 Å². The lowest BCUT2D eigenvalue weighted by atomic mass is 10.0. The zero-order valence-electron chi connectivity index (χ0n) is 17.2. The Morgan fingerprint density at radius 1 is 1.17 bits per heavy atom. The Balaban J connectivity index is 1.76. The standard InChI is InChI=1S/C23H24BrNO4S/c1-14-7-8-20-16(3)22(29-21(20)15(14)2)23(26)25(19-9-10-30(27,28)13-19)12-17-5-4-6-18(24)11-17/h4-8,11,19H,9-10,12-13H2,1-3H3/t19-/m0/s1. The number of fused-ring (bicyclic) bond motifs is 1. The van der Waals surface area contributed by atoms with Gasteiger partial charge in [-0.05, 0) is 56.0 Å². The molecule has 1 amide bonds. The third kappa shape index (κ3) is 3.93. The molecule has 1 aliphatic rings. The normalized spacial score (nSPS) is 18.1. The Morgan fingerprint density at radius 2 is 1.93 bits per heavy atom. The highest BCUT2D eigenvalue weighted by atomic mass is 79.9. The Hall–Kier alpha value is -2.12. The first-order valence-electron chi connectivity index (χ1n) is 9.91. The van der Waals surface area contributed by atoms with Crippen LogP contribution in [0.1, 0.15) is 39.2 Å². The molecule has 3 aromatic rings. The first kappa shape index (κ1) is 21.1. The fraction of sp³-hybridized carbons (Fsp3) is 0.348. The zero-order valence-corrected chi connectivity index (χ0v) is 19.6. The number of carbonyl (C=O) groups is 1. The fourth-order valence-electron chi connectivity index (χ4n) is 4.07. The lowest BCUT2D eigenvalue weighted by Crippen LogP contribution is -2.40. The maximum absolute atomic E-state index is 13.6. The molecule has 0 radical (unpaired) electrons. The molecule has 7 heteroatoms. The average Bonchev–Trinajstić information content (AvgIpc) is 3.22. The van der Waals surface area contributed by atoms with Crippen molar-refractivity contribution in [1.29, 1.82) is 0 Å². The van der Waals surface area contributed by atoms with Crippen molar-refractivity contribution < 1.29 is 17.6 Å². The summed E-state index contributed by atoms with van der Waals surface area (Å²) in [6.45, 7) is 6.21. The summed E-state index contributed by atoms with van der Waals surface area (Å²) < 4.78 is 31.3. The second kappa shape index (κ2) is 7.85. The van der Waals surface area contributed by atoms with Crippen LogP contribution >= 0.6 is 15.9 Å². The van der Waals surface area contributed by atoms with Crippen molar-refractivity contribution in [2.75, 3.05) is 11.5 Å². The van der Waals surface area contributed by atoms with E-state index in [1.54, 1.807) is 4.90 Å². The van der Waals surface area contributed by atoms with Crippen LogP contribution in [-0.2, 0) is 16.4 Å². The van der Waals surface area contributed by atoms with Gasteiger partial charge in [0.05, 0.1) is 11.5 Å². The van der Waals surface area contributed by atoms with Crippen molar-refractivity contribution in [2.45, 2.75) is 39.8 Å². The predicted octanol–water partition coefficient (Wildman–Crippen LogP) is 4.95. The third-order valence-electron chi connectivity index (χ3n) is 5.97. The number of hydrogen-bond donors (Lipinski definition) is 0. The molecule has 0 unspecified atom stereocenters. The van der Waals surface area contributed by atoms with Gasteiger partial charge in [0.15, 0.2) is 15.6 Å². The van der Waals surface area contributed by atoms with Crippen molar-refractivity contribution in [2.24, 2.45) is 0 Å². The summed E-state index contributed by atoms with van der Waals surface area (Å²) in [4.78, 5) is 15.3. The topological polar surface area (TPSA) is 67.6 Å². The van der Waals surface area contributed by atoms with Crippen LogP contribution < -0.4 is 0 Å². The second-order valence-corrected chi connectivity index (χ2v) is 11.2. The van der Waals surface area contributed by atoms with Crippen LogP contribution in [0, 0.1) is 20.8 Å². The van der Waals surface area contributed by atoms with Crippen LogP contribution in [0.2, 0.25) is 0 Å². The summed E-state index contributed by atoms with van der Waals surface area (Å²) in [7, 11) is -3.14. The van der Waals surface area contributed by atoms with Gasteiger partial charge in [0.1, 0.15) is 5.58 Å². The van der Waals surface area contributed by atoms with E-state index in [-0.39, 0.29) is 29.2 Å². The lowest BCUT2D eigenvalue weighted by molar-refractivity contribution is 0.0649. The Labute approximate surface area is 185 Å². The molecule has 30 heavy (non-hydrogen) atoms. The van der Waals surface area contributed by atoms with E-state index in [0.29, 0.717) is 13.0 Å². The van der Waals surface area contributed by atoms with Gasteiger partial charge < -0.3 is 9.32 Å². The van der Waals surface area contributed by atoms with Crippen molar-refractivity contribution in [3.63, 3.8) is 0 Å². The molecule has 0 bridgehead atoms. The van der Waals surface area contributed by atoms with Gasteiger partial charge in [-0.25, -0.2) is 8.42 Å². The lowest BCUT2D eigenvalue weighted by Gasteiger charge is -2.28. The van der Waals surface area contributed by atoms with Crippen molar-refractivity contribution in [3.8, 4) is 0 Å². The summed E-state index contributed by atoms with van der Waals surface area (Å²) in [5, 5.41) is 0.919. The number of benzene rings is 2. The number of rotatable bonds is 4. The van der Waals surface area contributed by atoms with Gasteiger partial charge in [-0.2, -0.15) is 0 Å². The molecular formula is C23H24BrNO4S. The molecule has 1 aromatic heterocycles. The van der Waals surface area contributed by atoms with Gasteiger partial charge in [0.25, 0.3) is 5.91 Å². The van der Waals surface area contributed by atoms with Gasteiger partial charge >= 0.3 is 0 Å². The van der Waals surface area contributed by atoms with Gasteiger partial charge in [0.2, 0.25) is 0 Å². The number of furan rings is 1. The molecule has 0 spiro atoms. The minimum Gasteiger partial charge on any atom is -0.450 e. The molecule has 5 nitrogen and oxygen atoms in total. The van der Waals surface area contributed by atoms with Gasteiger partial charge in [-0.3, -0.25) is 4.79 Å². The van der Waals surface area contributed by atoms with Crippen LogP contribution in [0.5, 0.6) is 0 Å². The Kier molecular flexibility index (Phi) is 5.53. The highest BCUT2D eigenvalue weighted by molar-refractivity contribution is 9.10. The number of amides is 1. The number of carbonyl (C=O) groups excluding carboxylic acids is 1. The number of sulfone groups is 1. The minimum atomic E-state index is -3.14. The molecule has 0 saturated carbocycles. The average molecular weight is 490 g/mol. The number of halogens is 1. The quantitative estimate of drug-likeness (QED) is 0.519. The molecule has 1 aliphatic heterocycles. The first-order chi connectivity index (χ1) is 14.2.